The van der Waals surface area contributed by atoms with Gasteiger partial charge in [-0.25, -0.2) is 0 Å². The molecule has 236 valence electrons. The number of esters is 1. The Morgan fingerprint density at radius 1 is 1.07 bits per heavy atom. The molecule has 6 rings (SSSR count). The number of amides is 2. The number of hydrogen-bond acceptors (Lipinski definition) is 7. The zero-order chi connectivity index (χ0) is 32.1. The molecule has 3 heterocycles. The number of carbonyl (C=O) groups is 3. The molecular weight excluding hydrogens is 588 g/mol. The van der Waals surface area contributed by atoms with E-state index in [0.717, 1.165) is 22.6 Å². The van der Waals surface area contributed by atoms with E-state index in [9.17, 15) is 19.5 Å². The number of hydrogen-bond donors (Lipinski definition) is 1. The number of benzene rings is 3. The zero-order valence-electron chi connectivity index (χ0n) is 26.4. The van der Waals surface area contributed by atoms with Crippen molar-refractivity contribution in [2.75, 3.05) is 23.5 Å². The fraction of sp³-hybridized carbons (Fsp3) is 0.400. The van der Waals surface area contributed by atoms with Crippen LogP contribution in [0.5, 0.6) is 5.75 Å². The van der Waals surface area contributed by atoms with Crippen molar-refractivity contribution in [1.82, 2.24) is 0 Å². The van der Waals surface area contributed by atoms with E-state index in [4.69, 9.17) is 14.2 Å². The highest BCUT2D eigenvalue weighted by Gasteiger charge is 2.66. The lowest BCUT2D eigenvalue weighted by Crippen LogP contribution is -2.54. The minimum atomic E-state index is -2.26. The SMILES string of the molecule is COc1ccc([Si](C)(C)[C@H]2[C@H](CCO)O[C@@]3(C(=O)N(Cc4cccc(N5C(=O)CC5OC(C)=O)c4)c4ccccc43)[C@@H]2C)cc1. The van der Waals surface area contributed by atoms with Crippen LogP contribution in [0.25, 0.3) is 0 Å². The van der Waals surface area contributed by atoms with Gasteiger partial charge >= 0.3 is 5.97 Å². The van der Waals surface area contributed by atoms with Crippen LogP contribution in [-0.2, 0) is 36.0 Å². The van der Waals surface area contributed by atoms with E-state index in [1.54, 1.807) is 18.1 Å². The first-order chi connectivity index (χ1) is 21.5. The van der Waals surface area contributed by atoms with Gasteiger partial charge in [-0.3, -0.25) is 19.3 Å². The molecule has 3 aromatic rings. The number of aliphatic hydroxyl groups is 1. The summed E-state index contributed by atoms with van der Waals surface area (Å²) in [5.41, 5.74) is 1.94. The molecule has 3 aliphatic heterocycles. The van der Waals surface area contributed by atoms with Gasteiger partial charge < -0.3 is 24.2 Å². The first-order valence-corrected chi connectivity index (χ1v) is 18.5. The Morgan fingerprint density at radius 2 is 1.80 bits per heavy atom. The Kier molecular flexibility index (Phi) is 8.09. The molecule has 1 spiro atoms. The van der Waals surface area contributed by atoms with E-state index in [0.29, 0.717) is 12.1 Å². The fourth-order valence-electron chi connectivity index (χ4n) is 7.79. The van der Waals surface area contributed by atoms with Gasteiger partial charge in [0.05, 0.1) is 39.9 Å². The van der Waals surface area contributed by atoms with E-state index >= 15 is 0 Å². The topological polar surface area (TPSA) is 106 Å². The van der Waals surface area contributed by atoms with Crippen LogP contribution in [0.3, 0.4) is 0 Å². The molecule has 5 atom stereocenters. The predicted octanol–water partition coefficient (Wildman–Crippen LogP) is 4.47. The van der Waals surface area contributed by atoms with Crippen LogP contribution in [0.2, 0.25) is 18.6 Å². The molecule has 2 amide bonds. The van der Waals surface area contributed by atoms with Crippen LogP contribution in [-0.4, -0.2) is 57.0 Å². The second-order valence-electron chi connectivity index (χ2n) is 12.8. The van der Waals surface area contributed by atoms with Gasteiger partial charge in [0.25, 0.3) is 5.91 Å². The molecule has 0 aliphatic carbocycles. The van der Waals surface area contributed by atoms with Crippen molar-refractivity contribution in [3.8, 4) is 5.75 Å². The van der Waals surface area contributed by atoms with E-state index in [-0.39, 0.29) is 48.9 Å². The van der Waals surface area contributed by atoms with Crippen molar-refractivity contribution < 1.29 is 33.7 Å². The summed E-state index contributed by atoms with van der Waals surface area (Å²) in [5, 5.41) is 11.4. The molecule has 0 bridgehead atoms. The number of rotatable bonds is 9. The summed E-state index contributed by atoms with van der Waals surface area (Å²) in [7, 11) is -0.611. The summed E-state index contributed by atoms with van der Waals surface area (Å²) in [6, 6.07) is 23.5. The summed E-state index contributed by atoms with van der Waals surface area (Å²) in [4.78, 5) is 42.0. The van der Waals surface area contributed by atoms with E-state index in [1.165, 1.54) is 17.0 Å². The quantitative estimate of drug-likeness (QED) is 0.212. The zero-order valence-corrected chi connectivity index (χ0v) is 27.4. The minimum absolute atomic E-state index is 0.0348. The molecule has 10 heteroatoms. The van der Waals surface area contributed by atoms with Crippen LogP contribution in [0.15, 0.2) is 72.8 Å². The van der Waals surface area contributed by atoms with Gasteiger partial charge in [-0.1, -0.05) is 67.7 Å². The molecule has 9 nitrogen and oxygen atoms in total. The van der Waals surface area contributed by atoms with Gasteiger partial charge in [-0.05, 0) is 47.9 Å². The van der Waals surface area contributed by atoms with Gasteiger partial charge in [-0.2, -0.15) is 0 Å². The lowest BCUT2D eigenvalue weighted by Gasteiger charge is -2.39. The number of nitrogens with zero attached hydrogens (tertiary/aromatic N) is 2. The van der Waals surface area contributed by atoms with Crippen LogP contribution < -0.4 is 19.7 Å². The van der Waals surface area contributed by atoms with Gasteiger partial charge in [0, 0.05) is 30.7 Å². The highest BCUT2D eigenvalue weighted by atomic mass is 28.3. The van der Waals surface area contributed by atoms with Crippen LogP contribution in [0.4, 0.5) is 11.4 Å². The Labute approximate surface area is 264 Å². The van der Waals surface area contributed by atoms with Crippen molar-refractivity contribution >= 4 is 42.4 Å². The lowest BCUT2D eigenvalue weighted by atomic mass is 9.82. The van der Waals surface area contributed by atoms with Gasteiger partial charge in [0.1, 0.15) is 5.75 Å². The Morgan fingerprint density at radius 3 is 2.47 bits per heavy atom. The van der Waals surface area contributed by atoms with Crippen LogP contribution in [0, 0.1) is 5.92 Å². The van der Waals surface area contributed by atoms with Crippen molar-refractivity contribution in [2.45, 2.75) is 69.8 Å². The molecule has 3 aromatic carbocycles. The second-order valence-corrected chi connectivity index (χ2v) is 17.5. The molecule has 0 radical (unpaired) electrons. The number of fused-ring (bicyclic) bond motifs is 2. The van der Waals surface area contributed by atoms with Gasteiger partial charge in [-0.15, -0.1) is 0 Å². The molecule has 0 aromatic heterocycles. The maximum Gasteiger partial charge on any atom is 0.304 e. The number of methoxy groups -OCH3 is 1. The van der Waals surface area contributed by atoms with Crippen molar-refractivity contribution in [2.24, 2.45) is 5.92 Å². The highest BCUT2D eigenvalue weighted by molar-refractivity contribution is 6.91. The first kappa shape index (κ1) is 31.0. The smallest absolute Gasteiger partial charge is 0.304 e. The summed E-state index contributed by atoms with van der Waals surface area (Å²) < 4.78 is 17.7. The maximum absolute atomic E-state index is 14.8. The first-order valence-electron chi connectivity index (χ1n) is 15.5. The van der Waals surface area contributed by atoms with Crippen LogP contribution in [0.1, 0.15) is 37.8 Å². The number of ether oxygens (including phenoxy) is 3. The van der Waals surface area contributed by atoms with E-state index in [1.807, 2.05) is 54.6 Å². The number of anilines is 2. The Hall–Kier alpha value is -3.99. The Bertz CT molecular complexity index is 1630. The average Bonchev–Trinajstić information content (AvgIpc) is 3.44. The maximum atomic E-state index is 14.8. The number of carbonyl (C=O) groups excluding carboxylic acids is 3. The Balaban J connectivity index is 1.34. The molecule has 2 fully saturated rings. The number of β-lactam (4-membered cyclic amide) rings is 1. The standard InChI is InChI=1S/C35H40N2O7Si/c1-22-33(45(4,5)27-15-13-26(42-3)14-16-27)30(17-18-38)44-35(22)28-11-6-7-12-29(28)36(34(35)41)21-24-9-8-10-25(19-24)37-31(40)20-32(37)43-23(2)39/h6-16,19,22,30,32-33,38H,17-18,20-21H2,1-5H3/t22-,30+,32?,33-,35+/m1/s1. The number of aliphatic hydroxyl groups excluding tert-OH is 1. The second kappa shape index (κ2) is 11.7. The molecule has 1 unspecified atom stereocenters. The third kappa shape index (κ3) is 5.05. The fourth-order valence-corrected chi connectivity index (χ4v) is 11.9. The number of para-hydroxylation sites is 1. The van der Waals surface area contributed by atoms with Crippen LogP contribution >= 0.6 is 0 Å². The van der Waals surface area contributed by atoms with Crippen molar-refractivity contribution in [1.29, 1.82) is 0 Å². The molecule has 1 N–H and O–H groups in total. The lowest BCUT2D eigenvalue weighted by molar-refractivity contribution is -0.154. The third-order valence-corrected chi connectivity index (χ3v) is 14.3. The molecule has 0 saturated carbocycles. The summed E-state index contributed by atoms with van der Waals surface area (Å²) >= 11 is 0. The van der Waals surface area contributed by atoms with Gasteiger partial charge in [0.15, 0.2) is 11.8 Å². The third-order valence-electron chi connectivity index (χ3n) is 9.89. The monoisotopic (exact) mass is 628 g/mol. The normalized spacial score (nSPS) is 25.8. The largest absolute Gasteiger partial charge is 0.497 e. The molecular formula is C35H40N2O7Si. The predicted molar refractivity (Wildman–Crippen MR) is 173 cm³/mol. The summed E-state index contributed by atoms with van der Waals surface area (Å²) in [6.07, 6.45) is -0.348. The molecule has 3 aliphatic rings. The van der Waals surface area contributed by atoms with Crippen molar-refractivity contribution in [3.63, 3.8) is 0 Å². The van der Waals surface area contributed by atoms with Gasteiger partial charge in [0.2, 0.25) is 5.91 Å². The van der Waals surface area contributed by atoms with E-state index in [2.05, 4.69) is 32.2 Å². The molecule has 45 heavy (non-hydrogen) atoms. The molecule has 2 saturated heterocycles. The minimum Gasteiger partial charge on any atom is -0.497 e. The van der Waals surface area contributed by atoms with E-state index < -0.39 is 25.9 Å². The summed E-state index contributed by atoms with van der Waals surface area (Å²) in [5.74, 6) is -0.0595. The summed E-state index contributed by atoms with van der Waals surface area (Å²) in [6.45, 7) is 8.33. The van der Waals surface area contributed by atoms with Crippen molar-refractivity contribution in [3.05, 3.63) is 83.9 Å². The highest BCUT2D eigenvalue weighted by Crippen LogP contribution is 2.60. The average molecular weight is 629 g/mol.